The van der Waals surface area contributed by atoms with Crippen molar-refractivity contribution >= 4 is 43.5 Å². The van der Waals surface area contributed by atoms with Crippen molar-refractivity contribution in [2.45, 2.75) is 0 Å². The molecule has 0 saturated heterocycles. The highest BCUT2D eigenvalue weighted by molar-refractivity contribution is 6.22. The van der Waals surface area contributed by atoms with Crippen molar-refractivity contribution < 1.29 is 4.42 Å². The number of nitrogens with zero attached hydrogens (tertiary/aromatic N) is 2. The van der Waals surface area contributed by atoms with E-state index < -0.39 is 0 Å². The van der Waals surface area contributed by atoms with Crippen LogP contribution < -0.4 is 0 Å². The highest BCUT2D eigenvalue weighted by atomic mass is 16.3. The van der Waals surface area contributed by atoms with E-state index in [-0.39, 0.29) is 0 Å². The van der Waals surface area contributed by atoms with E-state index in [4.69, 9.17) is 14.4 Å². The second-order valence-electron chi connectivity index (χ2n) is 13.0. The number of hydrogen-bond acceptors (Lipinski definition) is 3. The summed E-state index contributed by atoms with van der Waals surface area (Å²) in [6.45, 7) is 0. The summed E-state index contributed by atoms with van der Waals surface area (Å²) in [7, 11) is 0. The van der Waals surface area contributed by atoms with Crippen LogP contribution >= 0.6 is 0 Å². The van der Waals surface area contributed by atoms with Crippen LogP contribution in [-0.4, -0.2) is 9.97 Å². The van der Waals surface area contributed by atoms with E-state index in [1.807, 2.05) is 36.4 Å². The Kier molecular flexibility index (Phi) is 6.81. The summed E-state index contributed by atoms with van der Waals surface area (Å²) in [5.74, 6) is 0.702. The fourth-order valence-corrected chi connectivity index (χ4v) is 7.40. The SMILES string of the molecule is c1ccc(-c2cc(-c3cccc(-c4cccc5oc6c7ccccc7c(-c7ccc8ccccc8c7)cc6c45)c3)nc(-c3ccccc3)n2)cc1. The molecule has 0 fully saturated rings. The zero-order valence-electron chi connectivity index (χ0n) is 27.6. The molecule has 2 heterocycles. The number of hydrogen-bond donors (Lipinski definition) is 0. The largest absolute Gasteiger partial charge is 0.455 e. The van der Waals surface area contributed by atoms with Gasteiger partial charge in [-0.05, 0) is 68.7 Å². The maximum absolute atomic E-state index is 6.71. The minimum absolute atomic E-state index is 0.702. The lowest BCUT2D eigenvalue weighted by Gasteiger charge is -2.11. The van der Waals surface area contributed by atoms with Crippen molar-refractivity contribution in [1.29, 1.82) is 0 Å². The fourth-order valence-electron chi connectivity index (χ4n) is 7.40. The molecular weight excluding hydrogens is 621 g/mol. The Labute approximate surface area is 295 Å². The zero-order chi connectivity index (χ0) is 33.7. The van der Waals surface area contributed by atoms with Crippen LogP contribution in [0.15, 0.2) is 186 Å². The Bertz CT molecular complexity index is 2850. The number of rotatable bonds is 5. The van der Waals surface area contributed by atoms with Gasteiger partial charge in [-0.1, -0.05) is 152 Å². The molecule has 0 aliphatic rings. The standard InChI is InChI=1S/C48H30N2O/c1-3-14-32(15-4-1)43-30-44(50-48(49-43)33-16-5-2-6-17-33)37-20-11-19-35(28-37)38-23-12-24-45-46(38)42-29-41(39-21-9-10-22-40(39)47(42)51-45)36-26-25-31-13-7-8-18-34(31)27-36/h1-30H. The summed E-state index contributed by atoms with van der Waals surface area (Å²) in [6.07, 6.45) is 0. The molecule has 10 aromatic rings. The second-order valence-corrected chi connectivity index (χ2v) is 13.0. The van der Waals surface area contributed by atoms with Crippen LogP contribution in [0.1, 0.15) is 0 Å². The number of aromatic nitrogens is 2. The van der Waals surface area contributed by atoms with Crippen LogP contribution in [0.4, 0.5) is 0 Å². The lowest BCUT2D eigenvalue weighted by molar-refractivity contribution is 0.673. The molecule has 0 spiro atoms. The summed E-state index contributed by atoms with van der Waals surface area (Å²) in [5, 5.41) is 6.96. The molecule has 238 valence electrons. The molecule has 0 unspecified atom stereocenters. The van der Waals surface area contributed by atoms with Crippen LogP contribution in [-0.2, 0) is 0 Å². The lowest BCUT2D eigenvalue weighted by Crippen LogP contribution is -1.96. The molecule has 0 aliphatic heterocycles. The molecule has 3 nitrogen and oxygen atoms in total. The molecule has 51 heavy (non-hydrogen) atoms. The van der Waals surface area contributed by atoms with Crippen molar-refractivity contribution in [2.75, 3.05) is 0 Å². The maximum Gasteiger partial charge on any atom is 0.160 e. The normalized spacial score (nSPS) is 11.5. The molecule has 2 aromatic heterocycles. The van der Waals surface area contributed by atoms with E-state index in [2.05, 4.69) is 146 Å². The Hall–Kier alpha value is -6.84. The molecule has 0 N–H and O–H groups in total. The van der Waals surface area contributed by atoms with E-state index >= 15 is 0 Å². The first-order chi connectivity index (χ1) is 25.3. The van der Waals surface area contributed by atoms with Crippen molar-refractivity contribution in [3.05, 3.63) is 182 Å². The third kappa shape index (κ3) is 5.06. The van der Waals surface area contributed by atoms with E-state index in [9.17, 15) is 0 Å². The fraction of sp³-hybridized carbons (Fsp3) is 0. The zero-order valence-corrected chi connectivity index (χ0v) is 27.6. The Morgan fingerprint density at radius 1 is 0.353 bits per heavy atom. The van der Waals surface area contributed by atoms with Gasteiger partial charge in [0.05, 0.1) is 11.4 Å². The van der Waals surface area contributed by atoms with Gasteiger partial charge in [0.25, 0.3) is 0 Å². The van der Waals surface area contributed by atoms with Gasteiger partial charge in [-0.2, -0.15) is 0 Å². The molecule has 8 aromatic carbocycles. The van der Waals surface area contributed by atoms with Crippen molar-refractivity contribution in [1.82, 2.24) is 9.97 Å². The summed E-state index contributed by atoms with van der Waals surface area (Å²) >= 11 is 0. The topological polar surface area (TPSA) is 38.9 Å². The summed E-state index contributed by atoms with van der Waals surface area (Å²) in [6, 6.07) is 63.8. The lowest BCUT2D eigenvalue weighted by atomic mass is 9.92. The number of fused-ring (bicyclic) bond motifs is 6. The van der Waals surface area contributed by atoms with E-state index in [0.29, 0.717) is 5.82 Å². The summed E-state index contributed by atoms with van der Waals surface area (Å²) in [5.41, 5.74) is 11.2. The molecule has 0 bridgehead atoms. The Balaban J connectivity index is 1.17. The van der Waals surface area contributed by atoms with E-state index in [0.717, 1.165) is 66.5 Å². The van der Waals surface area contributed by atoms with Gasteiger partial charge in [-0.3, -0.25) is 0 Å². The quantitative estimate of drug-likeness (QED) is 0.186. The first-order valence-electron chi connectivity index (χ1n) is 17.2. The predicted molar refractivity (Wildman–Crippen MR) is 212 cm³/mol. The minimum atomic E-state index is 0.702. The second kappa shape index (κ2) is 11.9. The average molecular weight is 651 g/mol. The van der Waals surface area contributed by atoms with Crippen LogP contribution in [0.3, 0.4) is 0 Å². The molecule has 0 amide bonds. The van der Waals surface area contributed by atoms with Gasteiger partial charge in [0.2, 0.25) is 0 Å². The summed E-state index contributed by atoms with van der Waals surface area (Å²) in [4.78, 5) is 10.1. The van der Waals surface area contributed by atoms with Gasteiger partial charge < -0.3 is 4.42 Å². The van der Waals surface area contributed by atoms with Gasteiger partial charge in [0.15, 0.2) is 5.82 Å². The van der Waals surface area contributed by atoms with Crippen molar-refractivity contribution in [3.8, 4) is 56.2 Å². The minimum Gasteiger partial charge on any atom is -0.455 e. The van der Waals surface area contributed by atoms with Crippen LogP contribution in [0.5, 0.6) is 0 Å². The van der Waals surface area contributed by atoms with Gasteiger partial charge in [-0.15, -0.1) is 0 Å². The van der Waals surface area contributed by atoms with Crippen molar-refractivity contribution in [3.63, 3.8) is 0 Å². The molecule has 0 saturated carbocycles. The van der Waals surface area contributed by atoms with Gasteiger partial charge in [0, 0.05) is 32.8 Å². The number of benzene rings is 8. The molecule has 3 heteroatoms. The van der Waals surface area contributed by atoms with Crippen LogP contribution in [0, 0.1) is 0 Å². The highest BCUT2D eigenvalue weighted by Crippen LogP contribution is 2.44. The van der Waals surface area contributed by atoms with E-state index in [1.54, 1.807) is 0 Å². The summed E-state index contributed by atoms with van der Waals surface area (Å²) < 4.78 is 6.71. The van der Waals surface area contributed by atoms with E-state index in [1.165, 1.54) is 27.3 Å². The first-order valence-corrected chi connectivity index (χ1v) is 17.2. The third-order valence-electron chi connectivity index (χ3n) is 9.86. The van der Waals surface area contributed by atoms with Gasteiger partial charge in [-0.25, -0.2) is 9.97 Å². The maximum atomic E-state index is 6.71. The average Bonchev–Trinajstić information content (AvgIpc) is 3.60. The predicted octanol–water partition coefficient (Wildman–Crippen LogP) is 13.0. The molecule has 10 rings (SSSR count). The molecule has 0 atom stereocenters. The van der Waals surface area contributed by atoms with Gasteiger partial charge >= 0.3 is 0 Å². The molecule has 0 aliphatic carbocycles. The molecular formula is C48H30N2O. The third-order valence-corrected chi connectivity index (χ3v) is 9.86. The highest BCUT2D eigenvalue weighted by Gasteiger charge is 2.19. The van der Waals surface area contributed by atoms with Crippen LogP contribution in [0.25, 0.3) is 99.6 Å². The Morgan fingerprint density at radius 2 is 0.980 bits per heavy atom. The first kappa shape index (κ1) is 29.1. The van der Waals surface area contributed by atoms with Crippen molar-refractivity contribution in [2.24, 2.45) is 0 Å². The smallest absolute Gasteiger partial charge is 0.160 e. The Morgan fingerprint density at radius 3 is 1.80 bits per heavy atom. The number of furan rings is 1. The van der Waals surface area contributed by atoms with Crippen LogP contribution in [0.2, 0.25) is 0 Å². The van der Waals surface area contributed by atoms with Gasteiger partial charge in [0.1, 0.15) is 11.2 Å². The monoisotopic (exact) mass is 650 g/mol. The molecule has 0 radical (unpaired) electrons.